The molecule has 0 fully saturated rings. The topological polar surface area (TPSA) is 129 Å². The summed E-state index contributed by atoms with van der Waals surface area (Å²) in [7, 11) is 1.71. The molecule has 0 saturated carbocycles. The average Bonchev–Trinajstić information content (AvgIpc) is 3.25. The van der Waals surface area contributed by atoms with Gasteiger partial charge in [-0.2, -0.15) is 10.1 Å². The van der Waals surface area contributed by atoms with Gasteiger partial charge in [0.15, 0.2) is 5.82 Å². The van der Waals surface area contributed by atoms with E-state index < -0.39 is 11.6 Å². The van der Waals surface area contributed by atoms with Gasteiger partial charge in [0.1, 0.15) is 10.6 Å². The summed E-state index contributed by atoms with van der Waals surface area (Å²) in [4.78, 5) is 34.0. The molecule has 12 heteroatoms. The van der Waals surface area contributed by atoms with E-state index in [1.54, 1.807) is 50.8 Å². The second-order valence-corrected chi connectivity index (χ2v) is 9.84. The molecule has 0 bridgehead atoms. The molecule has 3 aromatic heterocycles. The van der Waals surface area contributed by atoms with Gasteiger partial charge in [-0.3, -0.25) is 9.13 Å². The molecule has 4 aromatic rings. The lowest BCUT2D eigenvalue weighted by molar-refractivity contribution is 0.0524. The van der Waals surface area contributed by atoms with E-state index in [1.807, 2.05) is 18.2 Å². The smallest absolute Gasteiger partial charge is 0.341 e. The number of aromatic nitrogens is 6. The van der Waals surface area contributed by atoms with Crippen molar-refractivity contribution in [3.63, 3.8) is 0 Å². The van der Waals surface area contributed by atoms with Gasteiger partial charge in [0, 0.05) is 19.3 Å². The summed E-state index contributed by atoms with van der Waals surface area (Å²) in [5, 5.41) is 18.1. The van der Waals surface area contributed by atoms with E-state index in [2.05, 4.69) is 20.4 Å². The maximum atomic E-state index is 12.8. The number of aryl methyl sites for hydroxylation is 3. The van der Waals surface area contributed by atoms with Crippen LogP contribution in [-0.4, -0.2) is 52.2 Å². The van der Waals surface area contributed by atoms with Crippen LogP contribution in [0.15, 0.2) is 29.2 Å². The molecule has 37 heavy (non-hydrogen) atoms. The number of aliphatic hydroxyl groups is 1. The molecule has 196 valence electrons. The van der Waals surface area contributed by atoms with Crippen molar-refractivity contribution in [2.75, 3.05) is 11.9 Å². The summed E-state index contributed by atoms with van der Waals surface area (Å²) in [6.07, 6.45) is 1.87. The van der Waals surface area contributed by atoms with E-state index in [-0.39, 0.29) is 23.3 Å². The number of benzene rings is 1. The predicted molar refractivity (Wildman–Crippen MR) is 141 cm³/mol. The van der Waals surface area contributed by atoms with Gasteiger partial charge < -0.3 is 15.2 Å². The fraction of sp³-hybridized carbons (Fsp3) is 0.400. The first-order chi connectivity index (χ1) is 17.4. The molecular formula is C25H30ClN7O4. The van der Waals surface area contributed by atoms with Crippen LogP contribution in [0.25, 0.3) is 17.0 Å². The number of carbonyl (C=O) groups is 1. The summed E-state index contributed by atoms with van der Waals surface area (Å²) in [6, 6.07) is 5.49. The SMILES string of the molecule is CCOC(=O)c1c(C)nn(-c2ncc(Cl)c(Nc3ccc4c(c3)n(CCC(C)(C)O)c(=O)n4C)n2)c1C. The first-order valence-electron chi connectivity index (χ1n) is 11.9. The Morgan fingerprint density at radius 3 is 2.65 bits per heavy atom. The number of imidazole rings is 1. The molecule has 0 saturated heterocycles. The highest BCUT2D eigenvalue weighted by atomic mass is 35.5. The number of anilines is 2. The van der Waals surface area contributed by atoms with Crippen molar-refractivity contribution in [2.24, 2.45) is 7.05 Å². The molecule has 0 aliphatic heterocycles. The van der Waals surface area contributed by atoms with E-state index in [0.29, 0.717) is 46.9 Å². The summed E-state index contributed by atoms with van der Waals surface area (Å²) in [6.45, 7) is 9.25. The molecule has 0 atom stereocenters. The standard InChI is InChI=1S/C25H30ClN7O4/c1-7-37-22(34)20-14(2)30-33(15(20)3)23-27-13-17(26)21(29-23)28-16-8-9-18-19(12-16)32(24(35)31(18)6)11-10-25(4,5)36/h8-9,12-13,36H,7,10-11H2,1-6H3,(H,27,28,29). The van der Waals surface area contributed by atoms with Crippen LogP contribution in [0.3, 0.4) is 0 Å². The second kappa shape index (κ2) is 9.98. The number of carbonyl (C=O) groups excluding carboxylic acids is 1. The van der Waals surface area contributed by atoms with Gasteiger partial charge in [0.25, 0.3) is 5.95 Å². The normalized spacial score (nSPS) is 11.8. The number of nitrogens with one attached hydrogen (secondary N) is 1. The molecule has 3 heterocycles. The van der Waals surface area contributed by atoms with Crippen molar-refractivity contribution in [2.45, 2.75) is 53.2 Å². The number of nitrogens with zero attached hydrogens (tertiary/aromatic N) is 6. The third kappa shape index (κ3) is 5.23. The molecule has 4 rings (SSSR count). The van der Waals surface area contributed by atoms with Crippen molar-refractivity contribution >= 4 is 40.1 Å². The Morgan fingerprint density at radius 1 is 1.24 bits per heavy atom. The van der Waals surface area contributed by atoms with E-state index in [9.17, 15) is 14.7 Å². The fourth-order valence-corrected chi connectivity index (χ4v) is 4.25. The lowest BCUT2D eigenvalue weighted by atomic mass is 10.1. The Balaban J connectivity index is 1.70. The van der Waals surface area contributed by atoms with Crippen molar-refractivity contribution in [1.29, 1.82) is 0 Å². The number of fused-ring (bicyclic) bond motifs is 1. The van der Waals surface area contributed by atoms with Crippen LogP contribution in [-0.2, 0) is 18.3 Å². The average molecular weight is 528 g/mol. The van der Waals surface area contributed by atoms with Gasteiger partial charge in [0.05, 0.1) is 40.8 Å². The summed E-state index contributed by atoms with van der Waals surface area (Å²) in [5.74, 6) is 0.103. The highest BCUT2D eigenvalue weighted by molar-refractivity contribution is 6.32. The molecule has 0 radical (unpaired) electrons. The minimum Gasteiger partial charge on any atom is -0.462 e. The molecule has 0 unspecified atom stereocenters. The quantitative estimate of drug-likeness (QED) is 0.332. The minimum atomic E-state index is -0.904. The molecule has 0 aliphatic carbocycles. The zero-order valence-electron chi connectivity index (χ0n) is 21.7. The van der Waals surface area contributed by atoms with Gasteiger partial charge in [0.2, 0.25) is 0 Å². The third-order valence-electron chi connectivity index (χ3n) is 6.05. The van der Waals surface area contributed by atoms with Crippen molar-refractivity contribution < 1.29 is 14.6 Å². The van der Waals surface area contributed by atoms with Gasteiger partial charge in [-0.25, -0.2) is 19.3 Å². The molecular weight excluding hydrogens is 498 g/mol. The first-order valence-corrected chi connectivity index (χ1v) is 12.2. The van der Waals surface area contributed by atoms with Gasteiger partial charge >= 0.3 is 11.7 Å². The number of rotatable bonds is 8. The zero-order chi connectivity index (χ0) is 27.1. The Morgan fingerprint density at radius 2 is 1.97 bits per heavy atom. The summed E-state index contributed by atoms with van der Waals surface area (Å²) >= 11 is 6.40. The van der Waals surface area contributed by atoms with Crippen molar-refractivity contribution in [3.8, 4) is 5.95 Å². The minimum absolute atomic E-state index is 0.166. The van der Waals surface area contributed by atoms with Gasteiger partial charge in [-0.15, -0.1) is 0 Å². The van der Waals surface area contributed by atoms with Crippen molar-refractivity contribution in [3.05, 3.63) is 56.9 Å². The molecule has 0 aliphatic rings. The summed E-state index contributed by atoms with van der Waals surface area (Å²) in [5.41, 5.74) is 2.47. The Kier molecular flexibility index (Phi) is 7.11. The zero-order valence-corrected chi connectivity index (χ0v) is 22.4. The van der Waals surface area contributed by atoms with Crippen LogP contribution >= 0.6 is 11.6 Å². The van der Waals surface area contributed by atoms with Crippen LogP contribution in [0, 0.1) is 13.8 Å². The maximum Gasteiger partial charge on any atom is 0.341 e. The number of hydrogen-bond donors (Lipinski definition) is 2. The van der Waals surface area contributed by atoms with E-state index in [0.717, 1.165) is 5.52 Å². The molecule has 0 amide bonds. The fourth-order valence-electron chi connectivity index (χ4n) is 4.11. The van der Waals surface area contributed by atoms with Crippen LogP contribution in [0.4, 0.5) is 11.5 Å². The monoisotopic (exact) mass is 527 g/mol. The molecule has 0 spiro atoms. The van der Waals surface area contributed by atoms with Gasteiger partial charge in [-0.1, -0.05) is 11.6 Å². The number of ether oxygens (including phenoxy) is 1. The van der Waals surface area contributed by atoms with E-state index in [1.165, 1.54) is 10.9 Å². The van der Waals surface area contributed by atoms with E-state index >= 15 is 0 Å². The lowest BCUT2D eigenvalue weighted by Gasteiger charge is -2.17. The Labute approximate surface area is 218 Å². The summed E-state index contributed by atoms with van der Waals surface area (Å²) < 4.78 is 9.82. The number of halogens is 1. The first kappa shape index (κ1) is 26.4. The maximum absolute atomic E-state index is 12.8. The molecule has 11 nitrogen and oxygen atoms in total. The third-order valence-corrected chi connectivity index (χ3v) is 6.32. The highest BCUT2D eigenvalue weighted by Crippen LogP contribution is 2.27. The Hall–Kier alpha value is -3.70. The van der Waals surface area contributed by atoms with Crippen LogP contribution in [0.5, 0.6) is 0 Å². The van der Waals surface area contributed by atoms with Crippen molar-refractivity contribution in [1.82, 2.24) is 28.9 Å². The predicted octanol–water partition coefficient (Wildman–Crippen LogP) is 3.67. The van der Waals surface area contributed by atoms with Gasteiger partial charge in [-0.05, 0) is 59.2 Å². The number of hydrogen-bond acceptors (Lipinski definition) is 8. The largest absolute Gasteiger partial charge is 0.462 e. The van der Waals surface area contributed by atoms with Crippen LogP contribution in [0.2, 0.25) is 5.02 Å². The second-order valence-electron chi connectivity index (χ2n) is 9.43. The molecule has 1 aromatic carbocycles. The van der Waals surface area contributed by atoms with Crippen LogP contribution in [0.1, 0.15) is 48.9 Å². The lowest BCUT2D eigenvalue weighted by Crippen LogP contribution is -2.27. The highest BCUT2D eigenvalue weighted by Gasteiger charge is 2.22. The number of esters is 1. The van der Waals surface area contributed by atoms with Crippen LogP contribution < -0.4 is 11.0 Å². The molecule has 2 N–H and O–H groups in total. The Bertz CT molecular complexity index is 1550. The van der Waals surface area contributed by atoms with E-state index in [4.69, 9.17) is 16.3 Å².